The van der Waals surface area contributed by atoms with Gasteiger partial charge in [0.25, 0.3) is 0 Å². The highest BCUT2D eigenvalue weighted by Crippen LogP contribution is 2.07. The first-order valence-electron chi connectivity index (χ1n) is 4.41. The molecule has 1 aromatic rings. The monoisotopic (exact) mass is 180 g/mol. The first kappa shape index (κ1) is 8.31. The molecule has 70 valence electrons. The molecule has 4 heteroatoms. The largest absolute Gasteiger partial charge is 0.483 e. The summed E-state index contributed by atoms with van der Waals surface area (Å²) in [7, 11) is 0. The zero-order valence-corrected chi connectivity index (χ0v) is 7.25. The third kappa shape index (κ3) is 1.89. The molecule has 4 nitrogen and oxygen atoms in total. The average molecular weight is 180 g/mol. The summed E-state index contributed by atoms with van der Waals surface area (Å²) < 4.78 is 5.50. The minimum Gasteiger partial charge on any atom is -0.483 e. The third-order valence-corrected chi connectivity index (χ3v) is 2.10. The SMILES string of the molecule is O=c1cc[nH]cc1OC1CCNC1. The smallest absolute Gasteiger partial charge is 0.223 e. The molecule has 0 saturated carbocycles. The Labute approximate surface area is 75.9 Å². The van der Waals surface area contributed by atoms with Gasteiger partial charge in [-0.1, -0.05) is 0 Å². The molecular weight excluding hydrogens is 168 g/mol. The van der Waals surface area contributed by atoms with Crippen molar-refractivity contribution < 1.29 is 4.74 Å². The Morgan fingerprint density at radius 1 is 1.54 bits per heavy atom. The van der Waals surface area contributed by atoms with Crippen LogP contribution in [0.3, 0.4) is 0 Å². The molecule has 1 aliphatic rings. The molecule has 0 aliphatic carbocycles. The normalized spacial score (nSPS) is 21.7. The lowest BCUT2D eigenvalue weighted by Crippen LogP contribution is -2.22. The topological polar surface area (TPSA) is 54.1 Å². The van der Waals surface area contributed by atoms with Crippen molar-refractivity contribution >= 4 is 0 Å². The van der Waals surface area contributed by atoms with E-state index in [1.165, 1.54) is 6.07 Å². The van der Waals surface area contributed by atoms with Crippen molar-refractivity contribution in [2.45, 2.75) is 12.5 Å². The second-order valence-electron chi connectivity index (χ2n) is 3.11. The van der Waals surface area contributed by atoms with E-state index in [-0.39, 0.29) is 11.5 Å². The summed E-state index contributed by atoms with van der Waals surface area (Å²) in [5.41, 5.74) is -0.0642. The van der Waals surface area contributed by atoms with Crippen LogP contribution in [-0.2, 0) is 0 Å². The van der Waals surface area contributed by atoms with Gasteiger partial charge < -0.3 is 15.0 Å². The van der Waals surface area contributed by atoms with Crippen LogP contribution in [0.4, 0.5) is 0 Å². The summed E-state index contributed by atoms with van der Waals surface area (Å²) in [4.78, 5) is 14.1. The van der Waals surface area contributed by atoms with Crippen LogP contribution in [0.2, 0.25) is 0 Å². The molecule has 0 bridgehead atoms. The van der Waals surface area contributed by atoms with E-state index in [9.17, 15) is 4.79 Å². The molecule has 1 aliphatic heterocycles. The molecule has 1 saturated heterocycles. The highest BCUT2D eigenvalue weighted by molar-refractivity contribution is 5.16. The lowest BCUT2D eigenvalue weighted by molar-refractivity contribution is 0.220. The lowest BCUT2D eigenvalue weighted by atomic mass is 10.3. The van der Waals surface area contributed by atoms with Crippen LogP contribution in [-0.4, -0.2) is 24.2 Å². The Balaban J connectivity index is 2.08. The van der Waals surface area contributed by atoms with Crippen molar-refractivity contribution in [1.29, 1.82) is 0 Å². The molecule has 1 unspecified atom stereocenters. The molecule has 13 heavy (non-hydrogen) atoms. The van der Waals surface area contributed by atoms with Crippen molar-refractivity contribution in [2.24, 2.45) is 0 Å². The maximum absolute atomic E-state index is 11.2. The molecule has 1 atom stereocenters. The number of pyridine rings is 1. The van der Waals surface area contributed by atoms with Crippen molar-refractivity contribution in [3.8, 4) is 5.75 Å². The molecule has 1 fully saturated rings. The molecule has 2 N–H and O–H groups in total. The number of aromatic amines is 1. The Bertz CT molecular complexity index is 328. The maximum atomic E-state index is 11.2. The second kappa shape index (κ2) is 3.62. The first-order chi connectivity index (χ1) is 6.36. The first-order valence-corrected chi connectivity index (χ1v) is 4.41. The molecule has 2 heterocycles. The lowest BCUT2D eigenvalue weighted by Gasteiger charge is -2.10. The van der Waals surface area contributed by atoms with Gasteiger partial charge in [-0.15, -0.1) is 0 Å². The molecule has 0 aromatic carbocycles. The minimum atomic E-state index is -0.0642. The Morgan fingerprint density at radius 3 is 3.15 bits per heavy atom. The standard InChI is InChI=1S/C9H12N2O2/c12-8-2-4-11-6-9(8)13-7-1-3-10-5-7/h2,4,6-7,10H,1,3,5H2,(H,11,12). The average Bonchev–Trinajstić information content (AvgIpc) is 2.61. The number of H-pyrrole nitrogens is 1. The molecule has 1 aromatic heterocycles. The van der Waals surface area contributed by atoms with Crippen molar-refractivity contribution in [3.63, 3.8) is 0 Å². The zero-order chi connectivity index (χ0) is 9.10. The minimum absolute atomic E-state index is 0.0642. The van der Waals surface area contributed by atoms with Gasteiger partial charge in [-0.05, 0) is 13.0 Å². The highest BCUT2D eigenvalue weighted by Gasteiger charge is 2.16. The van der Waals surface area contributed by atoms with Crippen molar-refractivity contribution in [3.05, 3.63) is 28.7 Å². The summed E-state index contributed by atoms with van der Waals surface area (Å²) in [6, 6.07) is 1.47. The fourth-order valence-corrected chi connectivity index (χ4v) is 1.40. The zero-order valence-electron chi connectivity index (χ0n) is 7.25. The van der Waals surface area contributed by atoms with E-state index in [0.29, 0.717) is 5.75 Å². The fourth-order valence-electron chi connectivity index (χ4n) is 1.40. The number of rotatable bonds is 2. The fraction of sp³-hybridized carbons (Fsp3) is 0.444. The predicted molar refractivity (Wildman–Crippen MR) is 49.0 cm³/mol. The molecular formula is C9H12N2O2. The summed E-state index contributed by atoms with van der Waals surface area (Å²) in [6.07, 6.45) is 4.31. The van der Waals surface area contributed by atoms with E-state index >= 15 is 0 Å². The molecule has 0 amide bonds. The van der Waals surface area contributed by atoms with Crippen LogP contribution in [0.5, 0.6) is 5.75 Å². The third-order valence-electron chi connectivity index (χ3n) is 2.10. The van der Waals surface area contributed by atoms with E-state index in [0.717, 1.165) is 19.5 Å². The van der Waals surface area contributed by atoms with Gasteiger partial charge in [0.2, 0.25) is 5.43 Å². The van der Waals surface area contributed by atoms with Crippen LogP contribution >= 0.6 is 0 Å². The molecule has 0 spiro atoms. The van der Waals surface area contributed by atoms with Crippen LogP contribution < -0.4 is 15.5 Å². The maximum Gasteiger partial charge on any atom is 0.223 e. The Hall–Kier alpha value is -1.29. The van der Waals surface area contributed by atoms with E-state index in [1.54, 1.807) is 12.4 Å². The van der Waals surface area contributed by atoms with Crippen LogP contribution in [0.15, 0.2) is 23.3 Å². The van der Waals surface area contributed by atoms with Gasteiger partial charge in [-0.25, -0.2) is 0 Å². The quantitative estimate of drug-likeness (QED) is 0.679. The predicted octanol–water partition coefficient (Wildman–Crippen LogP) is 0.116. The Kier molecular flexibility index (Phi) is 2.31. The van der Waals surface area contributed by atoms with Gasteiger partial charge in [0.1, 0.15) is 6.10 Å². The molecule has 2 rings (SSSR count). The van der Waals surface area contributed by atoms with Crippen molar-refractivity contribution in [1.82, 2.24) is 10.3 Å². The van der Waals surface area contributed by atoms with Crippen LogP contribution in [0.1, 0.15) is 6.42 Å². The van der Waals surface area contributed by atoms with Gasteiger partial charge in [0.05, 0.1) is 0 Å². The van der Waals surface area contributed by atoms with Gasteiger partial charge in [-0.2, -0.15) is 0 Å². The highest BCUT2D eigenvalue weighted by atomic mass is 16.5. The van der Waals surface area contributed by atoms with Gasteiger partial charge in [0, 0.05) is 25.0 Å². The van der Waals surface area contributed by atoms with Crippen LogP contribution in [0, 0.1) is 0 Å². The summed E-state index contributed by atoms with van der Waals surface area (Å²) >= 11 is 0. The summed E-state index contributed by atoms with van der Waals surface area (Å²) in [6.45, 7) is 1.80. The van der Waals surface area contributed by atoms with Gasteiger partial charge in [-0.3, -0.25) is 4.79 Å². The number of hydrogen-bond acceptors (Lipinski definition) is 3. The van der Waals surface area contributed by atoms with E-state index in [2.05, 4.69) is 10.3 Å². The van der Waals surface area contributed by atoms with Gasteiger partial charge >= 0.3 is 0 Å². The van der Waals surface area contributed by atoms with Crippen LogP contribution in [0.25, 0.3) is 0 Å². The summed E-state index contributed by atoms with van der Waals surface area (Å²) in [5.74, 6) is 0.413. The number of ether oxygens (including phenoxy) is 1. The number of nitrogens with one attached hydrogen (secondary N) is 2. The summed E-state index contributed by atoms with van der Waals surface area (Å²) in [5, 5.41) is 3.17. The number of hydrogen-bond donors (Lipinski definition) is 2. The van der Waals surface area contributed by atoms with E-state index in [4.69, 9.17) is 4.74 Å². The second-order valence-corrected chi connectivity index (χ2v) is 3.11. The Morgan fingerprint density at radius 2 is 2.46 bits per heavy atom. The van der Waals surface area contributed by atoms with Gasteiger partial charge in [0.15, 0.2) is 5.75 Å². The van der Waals surface area contributed by atoms with Crippen molar-refractivity contribution in [2.75, 3.05) is 13.1 Å². The van der Waals surface area contributed by atoms with E-state index < -0.39 is 0 Å². The number of aromatic nitrogens is 1. The molecule has 0 radical (unpaired) electrons. The van der Waals surface area contributed by atoms with E-state index in [1.807, 2.05) is 0 Å².